The zero-order valence-corrected chi connectivity index (χ0v) is 12.4. The van der Waals surface area contributed by atoms with Gasteiger partial charge in [-0.1, -0.05) is 13.8 Å². The van der Waals surface area contributed by atoms with Crippen molar-refractivity contribution in [1.29, 1.82) is 0 Å². The van der Waals surface area contributed by atoms with E-state index in [1.54, 1.807) is 34.6 Å². The van der Waals surface area contributed by atoms with Crippen LogP contribution in [0.2, 0.25) is 0 Å². The number of ether oxygens (including phenoxy) is 2. The second-order valence-corrected chi connectivity index (χ2v) is 5.85. The zero-order chi connectivity index (χ0) is 14.5. The van der Waals surface area contributed by atoms with Gasteiger partial charge < -0.3 is 14.8 Å². The predicted octanol–water partition coefficient (Wildman–Crippen LogP) is 2.49. The number of carbonyl (C=O) groups excluding carboxylic acids is 2. The van der Waals surface area contributed by atoms with Gasteiger partial charge in [0.25, 0.3) is 0 Å². The minimum Gasteiger partial charge on any atom is -0.461 e. The maximum atomic E-state index is 11.8. The number of hydrogen-bond donors (Lipinski definition) is 1. The summed E-state index contributed by atoms with van der Waals surface area (Å²) in [5.74, 6) is -0.505. The summed E-state index contributed by atoms with van der Waals surface area (Å²) in [5.41, 5.74) is -0.590. The summed E-state index contributed by atoms with van der Waals surface area (Å²) in [6, 6.07) is -0.692. The van der Waals surface area contributed by atoms with E-state index in [4.69, 9.17) is 9.47 Å². The van der Waals surface area contributed by atoms with Crippen LogP contribution >= 0.6 is 0 Å². The molecule has 0 saturated carbocycles. The highest BCUT2D eigenvalue weighted by atomic mass is 16.6. The molecule has 0 bridgehead atoms. The highest BCUT2D eigenvalue weighted by Gasteiger charge is 2.28. The molecule has 0 aliphatic heterocycles. The van der Waals surface area contributed by atoms with Gasteiger partial charge >= 0.3 is 12.1 Å². The molecule has 1 amide bonds. The van der Waals surface area contributed by atoms with E-state index in [9.17, 15) is 9.59 Å². The highest BCUT2D eigenvalue weighted by Crippen LogP contribution is 2.10. The lowest BCUT2D eigenvalue weighted by Crippen LogP contribution is -2.47. The van der Waals surface area contributed by atoms with Gasteiger partial charge in [0.1, 0.15) is 11.6 Å². The van der Waals surface area contributed by atoms with Crippen LogP contribution in [0.5, 0.6) is 0 Å². The number of hydrogen-bond acceptors (Lipinski definition) is 4. The second-order valence-electron chi connectivity index (χ2n) is 5.85. The third-order valence-corrected chi connectivity index (χ3v) is 1.94. The van der Waals surface area contributed by atoms with E-state index >= 15 is 0 Å². The van der Waals surface area contributed by atoms with Crippen LogP contribution < -0.4 is 5.32 Å². The van der Waals surface area contributed by atoms with Gasteiger partial charge in [0.2, 0.25) is 0 Å². The first-order valence-corrected chi connectivity index (χ1v) is 6.23. The van der Waals surface area contributed by atoms with Crippen LogP contribution in [0.25, 0.3) is 0 Å². The Labute approximate surface area is 109 Å². The highest BCUT2D eigenvalue weighted by molar-refractivity contribution is 5.81. The van der Waals surface area contributed by atoms with Crippen LogP contribution in [-0.4, -0.2) is 29.8 Å². The lowest BCUT2D eigenvalue weighted by molar-refractivity contribution is -0.151. The van der Waals surface area contributed by atoms with E-state index in [0.717, 1.165) is 0 Å². The van der Waals surface area contributed by atoms with Crippen molar-refractivity contribution in [2.24, 2.45) is 5.92 Å². The van der Waals surface area contributed by atoms with E-state index in [1.165, 1.54) is 0 Å². The molecular formula is C13H25NO4. The first-order valence-electron chi connectivity index (χ1n) is 6.23. The summed E-state index contributed by atoms with van der Waals surface area (Å²) < 4.78 is 10.2. The molecule has 18 heavy (non-hydrogen) atoms. The van der Waals surface area contributed by atoms with Crippen LogP contribution in [0.1, 0.15) is 48.5 Å². The van der Waals surface area contributed by atoms with Crippen molar-refractivity contribution in [1.82, 2.24) is 5.32 Å². The molecule has 0 spiro atoms. The average Bonchev–Trinajstić information content (AvgIpc) is 2.09. The smallest absolute Gasteiger partial charge is 0.408 e. The Hall–Kier alpha value is -1.26. The van der Waals surface area contributed by atoms with Crippen LogP contribution in [0.4, 0.5) is 4.79 Å². The lowest BCUT2D eigenvalue weighted by Gasteiger charge is -2.25. The van der Waals surface area contributed by atoms with E-state index in [-0.39, 0.29) is 12.0 Å². The van der Waals surface area contributed by atoms with Crippen molar-refractivity contribution < 1.29 is 19.1 Å². The number of carbonyl (C=O) groups is 2. The molecule has 0 rings (SSSR count). The maximum Gasteiger partial charge on any atom is 0.408 e. The van der Waals surface area contributed by atoms with Crippen LogP contribution in [0.3, 0.4) is 0 Å². The summed E-state index contributed by atoms with van der Waals surface area (Å²) in [4.78, 5) is 23.4. The van der Waals surface area contributed by atoms with Crippen LogP contribution in [-0.2, 0) is 14.3 Å². The third-order valence-electron chi connectivity index (χ3n) is 1.94. The summed E-state index contributed by atoms with van der Waals surface area (Å²) >= 11 is 0. The molecule has 0 aliphatic rings. The summed E-state index contributed by atoms with van der Waals surface area (Å²) in [5, 5.41) is 2.54. The molecule has 1 atom stereocenters. The van der Waals surface area contributed by atoms with Crippen LogP contribution in [0, 0.1) is 5.92 Å². The Morgan fingerprint density at radius 1 is 1.06 bits per heavy atom. The lowest BCUT2D eigenvalue weighted by atomic mass is 10.1. The average molecular weight is 259 g/mol. The van der Waals surface area contributed by atoms with Crippen molar-refractivity contribution in [3.63, 3.8) is 0 Å². The normalized spacial score (nSPS) is 13.4. The monoisotopic (exact) mass is 259 g/mol. The fraction of sp³-hybridized carbons (Fsp3) is 0.846. The summed E-state index contributed by atoms with van der Waals surface area (Å²) in [6.45, 7) is 12.5. The third kappa shape index (κ3) is 7.14. The fourth-order valence-corrected chi connectivity index (χ4v) is 1.24. The van der Waals surface area contributed by atoms with Gasteiger partial charge in [-0.25, -0.2) is 9.59 Å². The van der Waals surface area contributed by atoms with E-state index < -0.39 is 23.7 Å². The molecule has 0 aromatic rings. The predicted molar refractivity (Wildman–Crippen MR) is 69.2 cm³/mol. The Bertz CT molecular complexity index is 292. The largest absolute Gasteiger partial charge is 0.461 e. The van der Waals surface area contributed by atoms with Gasteiger partial charge in [-0.2, -0.15) is 0 Å². The van der Waals surface area contributed by atoms with Gasteiger partial charge in [0.05, 0.1) is 6.10 Å². The topological polar surface area (TPSA) is 64.6 Å². The summed E-state index contributed by atoms with van der Waals surface area (Å²) in [6.07, 6.45) is -0.818. The standard InChI is InChI=1S/C13H25NO4/c1-8(2)10(11(15)17-9(3)4)14-12(16)18-13(5,6)7/h8-10H,1-7H3,(H,14,16). The van der Waals surface area contributed by atoms with Gasteiger partial charge in [-0.05, 0) is 40.5 Å². The molecule has 0 heterocycles. The Morgan fingerprint density at radius 3 is 1.89 bits per heavy atom. The minimum absolute atomic E-state index is 0.0660. The van der Waals surface area contributed by atoms with Crippen LogP contribution in [0.15, 0.2) is 0 Å². The molecule has 5 heteroatoms. The number of esters is 1. The van der Waals surface area contributed by atoms with Crippen molar-refractivity contribution in [3.8, 4) is 0 Å². The van der Waals surface area contributed by atoms with Crippen molar-refractivity contribution >= 4 is 12.1 Å². The molecule has 0 radical (unpaired) electrons. The molecule has 5 nitrogen and oxygen atoms in total. The Kier molecular flexibility index (Phi) is 6.15. The molecular weight excluding hydrogens is 234 g/mol. The number of nitrogens with one attached hydrogen (secondary N) is 1. The Morgan fingerprint density at radius 2 is 1.56 bits per heavy atom. The minimum atomic E-state index is -0.692. The van der Waals surface area contributed by atoms with Gasteiger partial charge in [0.15, 0.2) is 0 Å². The fourth-order valence-electron chi connectivity index (χ4n) is 1.24. The molecule has 0 fully saturated rings. The van der Waals surface area contributed by atoms with Crippen molar-refractivity contribution in [3.05, 3.63) is 0 Å². The van der Waals surface area contributed by atoms with Gasteiger partial charge in [0, 0.05) is 0 Å². The van der Waals surface area contributed by atoms with E-state index in [1.807, 2.05) is 13.8 Å². The SMILES string of the molecule is CC(C)OC(=O)C(NC(=O)OC(C)(C)C)C(C)C. The first kappa shape index (κ1) is 16.7. The molecule has 0 aromatic heterocycles. The molecule has 0 saturated heterocycles. The van der Waals surface area contributed by atoms with E-state index in [0.29, 0.717) is 0 Å². The van der Waals surface area contributed by atoms with Crippen molar-refractivity contribution in [2.75, 3.05) is 0 Å². The number of alkyl carbamates (subject to hydrolysis) is 1. The van der Waals surface area contributed by atoms with E-state index in [2.05, 4.69) is 5.32 Å². The molecule has 106 valence electrons. The molecule has 1 unspecified atom stereocenters. The number of rotatable bonds is 4. The second kappa shape index (κ2) is 6.61. The van der Waals surface area contributed by atoms with Crippen molar-refractivity contribution in [2.45, 2.75) is 66.2 Å². The molecule has 0 aromatic carbocycles. The molecule has 0 aliphatic carbocycles. The quantitative estimate of drug-likeness (QED) is 0.788. The zero-order valence-electron chi connectivity index (χ0n) is 12.4. The first-order chi connectivity index (χ1) is 8.03. The van der Waals surface area contributed by atoms with Gasteiger partial charge in [-0.15, -0.1) is 0 Å². The molecule has 1 N–H and O–H groups in total. The van der Waals surface area contributed by atoms with Gasteiger partial charge in [-0.3, -0.25) is 0 Å². The summed E-state index contributed by atoms with van der Waals surface area (Å²) in [7, 11) is 0. The number of amides is 1. The Balaban J connectivity index is 4.54. The maximum absolute atomic E-state index is 11.8.